The molecule has 6 heteroatoms. The minimum atomic E-state index is -0.0948. The molecule has 4 nitrogen and oxygen atoms in total. The van der Waals surface area contributed by atoms with Gasteiger partial charge in [0, 0.05) is 13.5 Å². The van der Waals surface area contributed by atoms with Crippen LogP contribution in [0.25, 0.3) is 0 Å². The fourth-order valence-corrected chi connectivity index (χ4v) is 2.35. The number of carbonyl (C=O) groups is 1. The van der Waals surface area contributed by atoms with Crippen LogP contribution in [0.4, 0.5) is 5.00 Å². The van der Waals surface area contributed by atoms with E-state index in [0.717, 1.165) is 24.5 Å². The lowest BCUT2D eigenvalue weighted by Gasteiger charge is -2.09. The molecule has 0 bridgehead atoms. The Morgan fingerprint density at radius 2 is 2.25 bits per heavy atom. The zero-order valence-corrected chi connectivity index (χ0v) is 11.3. The van der Waals surface area contributed by atoms with Gasteiger partial charge in [-0.3, -0.25) is 4.79 Å². The van der Waals surface area contributed by atoms with Gasteiger partial charge in [0.25, 0.3) is 0 Å². The van der Waals surface area contributed by atoms with Crippen molar-refractivity contribution in [1.29, 1.82) is 0 Å². The molecule has 1 N–H and O–H groups in total. The average molecular weight is 262 g/mol. The highest BCUT2D eigenvalue weighted by Crippen LogP contribution is 2.30. The van der Waals surface area contributed by atoms with Crippen LogP contribution in [-0.2, 0) is 0 Å². The van der Waals surface area contributed by atoms with Crippen molar-refractivity contribution in [2.24, 2.45) is 0 Å². The number of nitrogens with one attached hydrogen (secondary N) is 1. The topological polar surface area (TPSA) is 45.2 Å². The lowest BCUT2D eigenvalue weighted by atomic mass is 10.3. The number of hydrogen-bond acceptors (Lipinski definition) is 5. The van der Waals surface area contributed by atoms with Crippen molar-refractivity contribution in [3.63, 3.8) is 0 Å². The van der Waals surface area contributed by atoms with Crippen molar-refractivity contribution < 1.29 is 4.79 Å². The summed E-state index contributed by atoms with van der Waals surface area (Å²) < 4.78 is 4.02. The second-order valence-corrected chi connectivity index (χ2v) is 4.97. The maximum Gasteiger partial charge on any atom is 0.180 e. The molecule has 1 heterocycles. The standard InChI is InChI=1S/C10H16ClN3OS/c1-7(15)9-8(11)10(16-13-9)12-5-4-6-14(2)3/h12H,4-6H2,1-3H3. The van der Waals surface area contributed by atoms with E-state index in [2.05, 4.69) is 14.6 Å². The molecule has 0 unspecified atom stereocenters. The van der Waals surface area contributed by atoms with E-state index in [0.29, 0.717) is 10.7 Å². The number of ketones is 1. The molecule has 0 aliphatic carbocycles. The van der Waals surface area contributed by atoms with E-state index in [4.69, 9.17) is 11.6 Å². The van der Waals surface area contributed by atoms with Gasteiger partial charge in [-0.2, -0.15) is 4.37 Å². The molecule has 0 aliphatic heterocycles. The van der Waals surface area contributed by atoms with Crippen LogP contribution in [-0.4, -0.2) is 42.2 Å². The van der Waals surface area contributed by atoms with Crippen molar-refractivity contribution in [2.45, 2.75) is 13.3 Å². The molecule has 0 spiro atoms. The second-order valence-electron chi connectivity index (χ2n) is 3.81. The van der Waals surface area contributed by atoms with E-state index in [1.165, 1.54) is 18.5 Å². The van der Waals surface area contributed by atoms with E-state index < -0.39 is 0 Å². The van der Waals surface area contributed by atoms with Gasteiger partial charge in [-0.25, -0.2) is 0 Å². The average Bonchev–Trinajstić information content (AvgIpc) is 2.54. The number of rotatable bonds is 6. The monoisotopic (exact) mass is 261 g/mol. The Bertz CT molecular complexity index is 365. The number of aromatic nitrogens is 1. The molecule has 0 aromatic carbocycles. The fraction of sp³-hybridized carbons (Fsp3) is 0.600. The quantitative estimate of drug-likeness (QED) is 0.631. The van der Waals surface area contributed by atoms with E-state index in [1.807, 2.05) is 14.1 Å². The summed E-state index contributed by atoms with van der Waals surface area (Å²) in [6, 6.07) is 0. The first kappa shape index (κ1) is 13.4. The van der Waals surface area contributed by atoms with Gasteiger partial charge in [0.05, 0.1) is 0 Å². The van der Waals surface area contributed by atoms with E-state index in [-0.39, 0.29) is 5.78 Å². The Balaban J connectivity index is 2.46. The molecule has 16 heavy (non-hydrogen) atoms. The second kappa shape index (κ2) is 6.18. The molecule has 0 aliphatic rings. The zero-order valence-electron chi connectivity index (χ0n) is 9.71. The third-order valence-corrected chi connectivity index (χ3v) is 3.32. The first-order valence-corrected chi connectivity index (χ1v) is 6.22. The Labute approximate surface area is 105 Å². The first-order chi connectivity index (χ1) is 7.52. The highest BCUT2D eigenvalue weighted by Gasteiger charge is 2.14. The van der Waals surface area contributed by atoms with Crippen LogP contribution in [0, 0.1) is 0 Å². The zero-order chi connectivity index (χ0) is 12.1. The Morgan fingerprint density at radius 1 is 1.56 bits per heavy atom. The summed E-state index contributed by atoms with van der Waals surface area (Å²) in [4.78, 5) is 13.2. The van der Waals surface area contributed by atoms with E-state index in [1.54, 1.807) is 0 Å². The molecule has 0 fully saturated rings. The summed E-state index contributed by atoms with van der Waals surface area (Å²) in [5, 5.41) is 4.42. The normalized spacial score (nSPS) is 10.8. The molecular weight excluding hydrogens is 246 g/mol. The largest absolute Gasteiger partial charge is 0.374 e. The molecule has 0 radical (unpaired) electrons. The van der Waals surface area contributed by atoms with Gasteiger partial charge in [0.2, 0.25) is 0 Å². The molecule has 0 amide bonds. The summed E-state index contributed by atoms with van der Waals surface area (Å²) in [5.41, 5.74) is 0.363. The van der Waals surface area contributed by atoms with Crippen LogP contribution in [0.5, 0.6) is 0 Å². The van der Waals surface area contributed by atoms with Crippen molar-refractivity contribution in [1.82, 2.24) is 9.27 Å². The van der Waals surface area contributed by atoms with Crippen molar-refractivity contribution in [3.05, 3.63) is 10.7 Å². The van der Waals surface area contributed by atoms with Gasteiger partial charge in [-0.1, -0.05) is 11.6 Å². The number of anilines is 1. The number of nitrogens with zero attached hydrogens (tertiary/aromatic N) is 2. The summed E-state index contributed by atoms with van der Waals surface area (Å²) in [7, 11) is 4.07. The van der Waals surface area contributed by atoms with E-state index in [9.17, 15) is 4.79 Å². The lowest BCUT2D eigenvalue weighted by Crippen LogP contribution is -2.16. The molecule has 1 aromatic heterocycles. The Morgan fingerprint density at radius 3 is 2.75 bits per heavy atom. The lowest BCUT2D eigenvalue weighted by molar-refractivity contribution is 0.101. The maximum atomic E-state index is 11.1. The van der Waals surface area contributed by atoms with Crippen molar-refractivity contribution in [3.8, 4) is 0 Å². The van der Waals surface area contributed by atoms with Gasteiger partial charge in [-0.05, 0) is 38.6 Å². The molecule has 0 atom stereocenters. The number of carbonyl (C=O) groups excluding carboxylic acids is 1. The minimum absolute atomic E-state index is 0.0948. The highest BCUT2D eigenvalue weighted by atomic mass is 35.5. The van der Waals surface area contributed by atoms with Crippen LogP contribution in [0.1, 0.15) is 23.8 Å². The van der Waals surface area contributed by atoms with Gasteiger partial charge in [0.1, 0.15) is 15.7 Å². The third-order valence-electron chi connectivity index (χ3n) is 2.04. The predicted molar refractivity (Wildman–Crippen MR) is 68.8 cm³/mol. The van der Waals surface area contributed by atoms with E-state index >= 15 is 0 Å². The summed E-state index contributed by atoms with van der Waals surface area (Å²) in [5.74, 6) is -0.0948. The molecule has 0 saturated carbocycles. The fourth-order valence-electron chi connectivity index (χ4n) is 1.20. The van der Waals surface area contributed by atoms with Gasteiger partial charge < -0.3 is 10.2 Å². The van der Waals surface area contributed by atoms with Crippen LogP contribution >= 0.6 is 23.1 Å². The molecule has 0 saturated heterocycles. The highest BCUT2D eigenvalue weighted by molar-refractivity contribution is 7.11. The maximum absolute atomic E-state index is 11.1. The molecule has 1 aromatic rings. The van der Waals surface area contributed by atoms with Crippen LogP contribution in [0.3, 0.4) is 0 Å². The summed E-state index contributed by atoms with van der Waals surface area (Å²) >= 11 is 7.25. The predicted octanol–water partition coefficient (Wildman–Crippen LogP) is 2.36. The smallest absolute Gasteiger partial charge is 0.180 e. The number of Topliss-reactive ketones (excluding diaryl/α,β-unsaturated/α-hetero) is 1. The SMILES string of the molecule is CC(=O)c1nsc(NCCCN(C)C)c1Cl. The van der Waals surface area contributed by atoms with Crippen LogP contribution in [0.2, 0.25) is 5.02 Å². The molecule has 90 valence electrons. The van der Waals surface area contributed by atoms with Gasteiger partial charge in [-0.15, -0.1) is 0 Å². The van der Waals surface area contributed by atoms with Crippen molar-refractivity contribution >= 4 is 33.9 Å². The minimum Gasteiger partial charge on any atom is -0.374 e. The molecular formula is C10H16ClN3OS. The van der Waals surface area contributed by atoms with Crippen LogP contribution in [0.15, 0.2) is 0 Å². The van der Waals surface area contributed by atoms with Crippen molar-refractivity contribution in [2.75, 3.05) is 32.5 Å². The van der Waals surface area contributed by atoms with Gasteiger partial charge >= 0.3 is 0 Å². The first-order valence-electron chi connectivity index (χ1n) is 5.07. The summed E-state index contributed by atoms with van der Waals surface area (Å²) in [6.45, 7) is 3.32. The van der Waals surface area contributed by atoms with Gasteiger partial charge in [0.15, 0.2) is 5.78 Å². The van der Waals surface area contributed by atoms with Crippen LogP contribution < -0.4 is 5.32 Å². The Kier molecular flexibility index (Phi) is 5.18. The molecule has 1 rings (SSSR count). The number of halogens is 1. The summed E-state index contributed by atoms with van der Waals surface area (Å²) in [6.07, 6.45) is 1.02. The third kappa shape index (κ3) is 3.73. The Hall–Kier alpha value is -0.650. The number of hydrogen-bond donors (Lipinski definition) is 1.